The van der Waals surface area contributed by atoms with E-state index < -0.39 is 17.9 Å². The van der Waals surface area contributed by atoms with Crippen molar-refractivity contribution < 1.29 is 28.6 Å². The molecule has 0 radical (unpaired) electrons. The summed E-state index contributed by atoms with van der Waals surface area (Å²) in [7, 11) is 0. The second-order valence-corrected chi connectivity index (χ2v) is 7.63. The predicted molar refractivity (Wildman–Crippen MR) is 96.0 cm³/mol. The zero-order valence-electron chi connectivity index (χ0n) is 14.4. The van der Waals surface area contributed by atoms with Crippen LogP contribution in [0.3, 0.4) is 0 Å². The van der Waals surface area contributed by atoms with Gasteiger partial charge in [-0.1, -0.05) is 0 Å². The van der Waals surface area contributed by atoms with Crippen LogP contribution < -0.4 is 13.9 Å². The molecule has 0 aromatic heterocycles. The predicted octanol–water partition coefficient (Wildman–Crippen LogP) is 2.14. The summed E-state index contributed by atoms with van der Waals surface area (Å²) in [5.41, 5.74) is 0.146. The average Bonchev–Trinajstić information content (AvgIpc) is 2.58. The number of benzene rings is 2. The molecule has 136 valence electrons. The van der Waals surface area contributed by atoms with E-state index in [-0.39, 0.29) is 38.6 Å². The SMILES string of the molecule is CC(=O)Oc1cc(OC(C)=O)cc(C(=O)OCC[Se]c2ccccc2)c1. The topological polar surface area (TPSA) is 78.9 Å². The minimum atomic E-state index is -0.573. The van der Waals surface area contributed by atoms with Gasteiger partial charge in [0.05, 0.1) is 0 Å². The molecule has 0 fully saturated rings. The van der Waals surface area contributed by atoms with Crippen LogP contribution in [0.5, 0.6) is 11.5 Å². The molecule has 0 aliphatic rings. The molecular weight excluding hydrogens is 403 g/mol. The van der Waals surface area contributed by atoms with Crippen molar-refractivity contribution in [2.45, 2.75) is 19.2 Å². The summed E-state index contributed by atoms with van der Waals surface area (Å²) in [5, 5.41) is 0.739. The summed E-state index contributed by atoms with van der Waals surface area (Å²) in [6, 6.07) is 14.1. The van der Waals surface area contributed by atoms with Crippen LogP contribution in [-0.2, 0) is 14.3 Å². The van der Waals surface area contributed by atoms with Gasteiger partial charge in [-0.2, -0.15) is 0 Å². The van der Waals surface area contributed by atoms with Crippen LogP contribution in [0, 0.1) is 0 Å². The Hall–Kier alpha value is -2.63. The van der Waals surface area contributed by atoms with Crippen LogP contribution in [0.2, 0.25) is 5.32 Å². The van der Waals surface area contributed by atoms with Crippen LogP contribution >= 0.6 is 0 Å². The Balaban J connectivity index is 1.99. The number of hydrogen-bond acceptors (Lipinski definition) is 6. The van der Waals surface area contributed by atoms with Gasteiger partial charge < -0.3 is 0 Å². The fourth-order valence-electron chi connectivity index (χ4n) is 2.03. The third-order valence-corrected chi connectivity index (χ3v) is 5.02. The molecule has 0 heterocycles. The molecule has 0 aliphatic carbocycles. The van der Waals surface area contributed by atoms with Crippen LogP contribution in [0.25, 0.3) is 0 Å². The molecule has 0 saturated carbocycles. The molecule has 0 unspecified atom stereocenters. The van der Waals surface area contributed by atoms with Crippen LogP contribution in [-0.4, -0.2) is 39.5 Å². The first-order valence-electron chi connectivity index (χ1n) is 7.81. The average molecular weight is 421 g/mol. The fourth-order valence-corrected chi connectivity index (χ4v) is 3.61. The van der Waals surface area contributed by atoms with E-state index in [2.05, 4.69) is 0 Å². The molecule has 0 N–H and O–H groups in total. The van der Waals surface area contributed by atoms with Crippen molar-refractivity contribution >= 4 is 37.3 Å². The first kappa shape index (κ1) is 19.7. The number of carbonyl (C=O) groups is 3. The van der Waals surface area contributed by atoms with Gasteiger partial charge in [-0.25, -0.2) is 0 Å². The zero-order valence-corrected chi connectivity index (χ0v) is 16.1. The molecule has 0 bridgehead atoms. The van der Waals surface area contributed by atoms with Crippen molar-refractivity contribution in [3.05, 3.63) is 54.1 Å². The van der Waals surface area contributed by atoms with Crippen molar-refractivity contribution in [3.63, 3.8) is 0 Å². The Morgan fingerprint density at radius 1 is 0.885 bits per heavy atom. The minimum absolute atomic E-state index is 0.108. The molecule has 0 atom stereocenters. The number of carbonyl (C=O) groups excluding carboxylic acids is 3. The van der Waals surface area contributed by atoms with Gasteiger partial charge in [0.2, 0.25) is 0 Å². The monoisotopic (exact) mass is 422 g/mol. The molecule has 0 amide bonds. The Kier molecular flexibility index (Phi) is 7.38. The summed E-state index contributed by atoms with van der Waals surface area (Å²) < 4.78 is 16.4. The van der Waals surface area contributed by atoms with Gasteiger partial charge in [0.15, 0.2) is 0 Å². The van der Waals surface area contributed by atoms with Gasteiger partial charge in [0.25, 0.3) is 0 Å². The van der Waals surface area contributed by atoms with Gasteiger partial charge in [-0.05, 0) is 0 Å². The first-order chi connectivity index (χ1) is 12.4. The summed E-state index contributed by atoms with van der Waals surface area (Å²) in [6.07, 6.45) is 0. The third-order valence-electron chi connectivity index (χ3n) is 2.97. The van der Waals surface area contributed by atoms with E-state index in [1.165, 1.54) is 36.5 Å². The fraction of sp³-hybridized carbons (Fsp3) is 0.211. The standard InChI is InChI=1S/C19H18O6Se/c1-13(20)24-16-10-15(11-17(12-16)25-14(2)21)19(22)23-8-9-26-18-6-4-3-5-7-18/h3-7,10-12H,8-9H2,1-2H3. The molecule has 7 heteroatoms. The van der Waals surface area contributed by atoms with Crippen molar-refractivity contribution in [1.82, 2.24) is 0 Å². The number of ether oxygens (including phenoxy) is 3. The summed E-state index contributed by atoms with van der Waals surface area (Å²) >= 11 is 0.212. The van der Waals surface area contributed by atoms with Crippen LogP contribution in [0.15, 0.2) is 48.5 Å². The van der Waals surface area contributed by atoms with Gasteiger partial charge in [-0.3, -0.25) is 0 Å². The second kappa shape index (κ2) is 9.75. The van der Waals surface area contributed by atoms with E-state index in [9.17, 15) is 14.4 Å². The number of hydrogen-bond donors (Lipinski definition) is 0. The molecule has 0 spiro atoms. The molecule has 6 nitrogen and oxygen atoms in total. The van der Waals surface area contributed by atoms with Crippen molar-refractivity contribution in [1.29, 1.82) is 0 Å². The number of esters is 3. The van der Waals surface area contributed by atoms with Crippen LogP contribution in [0.4, 0.5) is 0 Å². The van der Waals surface area contributed by atoms with Gasteiger partial charge in [-0.15, -0.1) is 0 Å². The molecule has 2 aromatic carbocycles. The molecule has 0 aliphatic heterocycles. The zero-order chi connectivity index (χ0) is 18.9. The summed E-state index contributed by atoms with van der Waals surface area (Å²) in [4.78, 5) is 34.5. The Labute approximate surface area is 157 Å². The molecule has 2 rings (SSSR count). The van der Waals surface area contributed by atoms with E-state index in [4.69, 9.17) is 14.2 Å². The Morgan fingerprint density at radius 2 is 1.46 bits per heavy atom. The molecule has 2 aromatic rings. The van der Waals surface area contributed by atoms with Gasteiger partial charge in [0.1, 0.15) is 0 Å². The van der Waals surface area contributed by atoms with Gasteiger partial charge >= 0.3 is 157 Å². The van der Waals surface area contributed by atoms with Crippen LogP contribution in [0.1, 0.15) is 24.2 Å². The number of rotatable bonds is 7. The Bertz CT molecular complexity index is 754. The van der Waals surface area contributed by atoms with E-state index in [0.29, 0.717) is 0 Å². The molecule has 0 saturated heterocycles. The first-order valence-corrected chi connectivity index (χ1v) is 9.88. The Morgan fingerprint density at radius 3 is 2.00 bits per heavy atom. The summed E-state index contributed by atoms with van der Waals surface area (Å²) in [6.45, 7) is 2.75. The van der Waals surface area contributed by atoms with E-state index in [0.717, 1.165) is 5.32 Å². The quantitative estimate of drug-likeness (QED) is 0.295. The van der Waals surface area contributed by atoms with Crippen molar-refractivity contribution in [2.24, 2.45) is 0 Å². The van der Waals surface area contributed by atoms with Crippen molar-refractivity contribution in [2.75, 3.05) is 6.61 Å². The maximum atomic E-state index is 12.2. The molecular formula is C19H18O6Se. The van der Waals surface area contributed by atoms with Gasteiger partial charge in [0, 0.05) is 0 Å². The maximum absolute atomic E-state index is 12.2. The second-order valence-electron chi connectivity index (χ2n) is 5.18. The van der Waals surface area contributed by atoms with E-state index in [1.54, 1.807) is 0 Å². The summed E-state index contributed by atoms with van der Waals surface area (Å²) in [5.74, 6) is -1.45. The van der Waals surface area contributed by atoms with E-state index in [1.807, 2.05) is 30.3 Å². The van der Waals surface area contributed by atoms with Crippen molar-refractivity contribution in [3.8, 4) is 11.5 Å². The molecule has 26 heavy (non-hydrogen) atoms. The third kappa shape index (κ3) is 6.70. The van der Waals surface area contributed by atoms with E-state index >= 15 is 0 Å². The normalized spacial score (nSPS) is 10.1.